The van der Waals surface area contributed by atoms with E-state index in [-0.39, 0.29) is 11.4 Å². The van der Waals surface area contributed by atoms with Gasteiger partial charge in [0, 0.05) is 34.9 Å². The summed E-state index contributed by atoms with van der Waals surface area (Å²) >= 11 is 0. The highest BCUT2D eigenvalue weighted by Crippen LogP contribution is 2.32. The average Bonchev–Trinajstić information content (AvgIpc) is 3.39. The van der Waals surface area contributed by atoms with Gasteiger partial charge >= 0.3 is 12.1 Å². The van der Waals surface area contributed by atoms with Gasteiger partial charge in [-0.15, -0.1) is 0 Å². The van der Waals surface area contributed by atoms with Crippen molar-refractivity contribution in [1.82, 2.24) is 14.8 Å². The molecule has 0 aliphatic rings. The minimum absolute atomic E-state index is 0.199. The van der Waals surface area contributed by atoms with Gasteiger partial charge in [-0.3, -0.25) is 10.6 Å². The minimum Gasteiger partial charge on any atom is -0.493 e. The van der Waals surface area contributed by atoms with Crippen LogP contribution in [0.2, 0.25) is 0 Å². The molecule has 4 amide bonds. The number of nitrogens with zero attached hydrogens (tertiary/aromatic N) is 3. The van der Waals surface area contributed by atoms with Crippen molar-refractivity contribution in [1.29, 1.82) is 0 Å². The number of primary amides is 1. The molecule has 10 nitrogen and oxygen atoms in total. The Bertz CT molecular complexity index is 1770. The van der Waals surface area contributed by atoms with E-state index in [0.29, 0.717) is 36.1 Å². The van der Waals surface area contributed by atoms with Gasteiger partial charge in [-0.2, -0.15) is 5.10 Å². The zero-order valence-corrected chi connectivity index (χ0v) is 24.6. The minimum atomic E-state index is -0.665. The molecule has 2 aromatic heterocycles. The molecule has 0 radical (unpaired) electrons. The number of carbonyl (C=O) groups is 2. The highest BCUT2D eigenvalue weighted by atomic mass is 16.5. The van der Waals surface area contributed by atoms with Crippen molar-refractivity contribution in [3.63, 3.8) is 0 Å². The van der Waals surface area contributed by atoms with Crippen LogP contribution in [0.1, 0.15) is 37.6 Å². The lowest BCUT2D eigenvalue weighted by Gasteiger charge is -2.14. The lowest BCUT2D eigenvalue weighted by Crippen LogP contribution is -2.21. The SMILES string of the molecule is Cc1ccc(-n2nc(C(C)(C)C)cc2NC(=O)Nc2ccc(OCCc3ccnc(NC(N)=O)c3)c3ccccc23)cc1. The van der Waals surface area contributed by atoms with Crippen LogP contribution in [0.4, 0.5) is 26.9 Å². The summed E-state index contributed by atoms with van der Waals surface area (Å²) < 4.78 is 7.89. The Kier molecular flexibility index (Phi) is 8.29. The lowest BCUT2D eigenvalue weighted by atomic mass is 9.92. The van der Waals surface area contributed by atoms with E-state index in [1.807, 2.05) is 79.7 Å². The number of aromatic nitrogens is 3. The van der Waals surface area contributed by atoms with Gasteiger partial charge in [0.2, 0.25) is 0 Å². The van der Waals surface area contributed by atoms with Crippen LogP contribution >= 0.6 is 0 Å². The molecular weight excluding hydrogens is 542 g/mol. The second-order valence-corrected chi connectivity index (χ2v) is 11.3. The lowest BCUT2D eigenvalue weighted by molar-refractivity contribution is 0.259. The highest BCUT2D eigenvalue weighted by Gasteiger charge is 2.22. The largest absolute Gasteiger partial charge is 0.493 e. The van der Waals surface area contributed by atoms with Gasteiger partial charge in [0.1, 0.15) is 17.4 Å². The van der Waals surface area contributed by atoms with Crippen LogP contribution in [0.15, 0.2) is 85.1 Å². The first-order valence-corrected chi connectivity index (χ1v) is 14.0. The monoisotopic (exact) mass is 577 g/mol. The molecule has 5 rings (SSSR count). The number of hydrogen-bond donors (Lipinski definition) is 4. The number of pyridine rings is 1. The van der Waals surface area contributed by atoms with Crippen molar-refractivity contribution in [2.24, 2.45) is 5.73 Å². The number of hydrogen-bond acceptors (Lipinski definition) is 5. The van der Waals surface area contributed by atoms with Crippen molar-refractivity contribution in [3.05, 3.63) is 102 Å². The highest BCUT2D eigenvalue weighted by molar-refractivity contribution is 6.07. The van der Waals surface area contributed by atoms with E-state index in [4.69, 9.17) is 15.6 Å². The molecule has 0 aliphatic carbocycles. The van der Waals surface area contributed by atoms with E-state index in [1.165, 1.54) is 0 Å². The molecule has 5 aromatic rings. The molecule has 43 heavy (non-hydrogen) atoms. The van der Waals surface area contributed by atoms with E-state index < -0.39 is 6.03 Å². The number of anilines is 3. The third-order valence-corrected chi connectivity index (χ3v) is 6.85. The summed E-state index contributed by atoms with van der Waals surface area (Å²) in [5, 5.41) is 15.0. The van der Waals surface area contributed by atoms with Crippen LogP contribution in [0.5, 0.6) is 5.75 Å². The number of nitrogens with two attached hydrogens (primary N) is 1. The van der Waals surface area contributed by atoms with Gasteiger partial charge in [0.25, 0.3) is 0 Å². The Morgan fingerprint density at radius 2 is 1.65 bits per heavy atom. The second-order valence-electron chi connectivity index (χ2n) is 11.3. The van der Waals surface area contributed by atoms with Crippen LogP contribution in [0.3, 0.4) is 0 Å². The van der Waals surface area contributed by atoms with Gasteiger partial charge in [-0.1, -0.05) is 62.7 Å². The number of ether oxygens (including phenoxy) is 1. The van der Waals surface area contributed by atoms with Gasteiger partial charge < -0.3 is 15.8 Å². The van der Waals surface area contributed by atoms with E-state index in [2.05, 4.69) is 41.7 Å². The summed E-state index contributed by atoms with van der Waals surface area (Å²) in [5.41, 5.74) is 9.44. The Hall–Kier alpha value is -5.38. The van der Waals surface area contributed by atoms with E-state index in [0.717, 1.165) is 33.3 Å². The smallest absolute Gasteiger partial charge is 0.324 e. The number of fused-ring (bicyclic) bond motifs is 1. The van der Waals surface area contributed by atoms with Crippen LogP contribution in [-0.4, -0.2) is 33.4 Å². The number of amides is 4. The number of urea groups is 2. The van der Waals surface area contributed by atoms with Gasteiger partial charge in [-0.25, -0.2) is 19.3 Å². The summed E-state index contributed by atoms with van der Waals surface area (Å²) in [4.78, 5) is 28.5. The van der Waals surface area contributed by atoms with Gasteiger partial charge in [-0.05, 0) is 48.9 Å². The molecule has 5 N–H and O–H groups in total. The molecule has 0 atom stereocenters. The predicted molar refractivity (Wildman–Crippen MR) is 170 cm³/mol. The first-order chi connectivity index (χ1) is 20.6. The molecule has 0 saturated carbocycles. The van der Waals surface area contributed by atoms with Crippen molar-refractivity contribution >= 4 is 40.2 Å². The standard InChI is InChI=1S/C33H35N7O3/c1-21-9-11-23(12-10-21)40-30(20-28(39-40)33(2,3)4)38-32(42)36-26-13-14-27(25-8-6-5-7-24(25)26)43-18-16-22-15-17-35-29(19-22)37-31(34)41/h5-15,17,19-20H,16,18H2,1-4H3,(H2,36,38,42)(H3,34,35,37,41). The van der Waals surface area contributed by atoms with Gasteiger partial charge in [0.05, 0.1) is 23.7 Å². The Balaban J connectivity index is 1.32. The number of rotatable bonds is 8. The Morgan fingerprint density at radius 1 is 0.907 bits per heavy atom. The first kappa shape index (κ1) is 29.1. The topological polar surface area (TPSA) is 136 Å². The maximum atomic E-state index is 13.3. The van der Waals surface area contributed by atoms with E-state index in [9.17, 15) is 9.59 Å². The van der Waals surface area contributed by atoms with Crippen molar-refractivity contribution in [2.75, 3.05) is 22.6 Å². The molecule has 0 spiro atoms. The zero-order valence-electron chi connectivity index (χ0n) is 24.6. The summed E-state index contributed by atoms with van der Waals surface area (Å²) in [5.74, 6) is 1.65. The predicted octanol–water partition coefficient (Wildman–Crippen LogP) is 6.78. The quantitative estimate of drug-likeness (QED) is 0.161. The Morgan fingerprint density at radius 3 is 2.37 bits per heavy atom. The number of nitrogens with one attached hydrogen (secondary N) is 3. The number of aryl methyl sites for hydroxylation is 1. The number of carbonyl (C=O) groups excluding carboxylic acids is 2. The molecule has 10 heteroatoms. The van der Waals surface area contributed by atoms with Crippen LogP contribution in [-0.2, 0) is 11.8 Å². The van der Waals surface area contributed by atoms with E-state index in [1.54, 1.807) is 16.9 Å². The van der Waals surface area contributed by atoms with E-state index >= 15 is 0 Å². The molecule has 3 aromatic carbocycles. The molecule has 0 unspecified atom stereocenters. The fourth-order valence-electron chi connectivity index (χ4n) is 4.60. The molecular formula is C33H35N7O3. The maximum absolute atomic E-state index is 13.3. The fraction of sp³-hybridized carbons (Fsp3) is 0.212. The van der Waals surface area contributed by atoms with Crippen LogP contribution in [0, 0.1) is 6.92 Å². The third-order valence-electron chi connectivity index (χ3n) is 6.85. The summed E-state index contributed by atoms with van der Waals surface area (Å²) in [6.07, 6.45) is 2.21. The first-order valence-electron chi connectivity index (χ1n) is 14.0. The van der Waals surface area contributed by atoms with Crippen molar-refractivity contribution < 1.29 is 14.3 Å². The van der Waals surface area contributed by atoms with Crippen molar-refractivity contribution in [3.8, 4) is 11.4 Å². The summed E-state index contributed by atoms with van der Waals surface area (Å²) in [7, 11) is 0. The summed E-state index contributed by atoms with van der Waals surface area (Å²) in [6.45, 7) is 8.69. The molecule has 0 aliphatic heterocycles. The van der Waals surface area contributed by atoms with Crippen LogP contribution in [0.25, 0.3) is 16.5 Å². The second kappa shape index (κ2) is 12.2. The molecule has 2 heterocycles. The van der Waals surface area contributed by atoms with Crippen molar-refractivity contribution in [2.45, 2.75) is 39.5 Å². The molecule has 0 saturated heterocycles. The summed E-state index contributed by atoms with van der Waals surface area (Å²) in [6, 6.07) is 23.9. The normalized spacial score (nSPS) is 11.3. The van der Waals surface area contributed by atoms with Crippen LogP contribution < -0.4 is 26.4 Å². The molecule has 220 valence electrons. The third kappa shape index (κ3) is 7.10. The average molecular weight is 578 g/mol. The number of benzene rings is 3. The molecule has 0 fully saturated rings. The Labute approximate surface area is 250 Å². The molecule has 0 bridgehead atoms. The fourth-order valence-corrected chi connectivity index (χ4v) is 4.60. The van der Waals surface area contributed by atoms with Gasteiger partial charge in [0.15, 0.2) is 0 Å². The zero-order chi connectivity index (χ0) is 30.6. The maximum Gasteiger partial charge on any atom is 0.324 e.